The van der Waals surface area contributed by atoms with Crippen molar-refractivity contribution >= 4 is 0 Å². The van der Waals surface area contributed by atoms with Gasteiger partial charge in [0.1, 0.15) is 0 Å². The normalized spacial score (nSPS) is 38.0. The smallest absolute Gasteiger partial charge is 0.0348 e. The van der Waals surface area contributed by atoms with Crippen LogP contribution in [0, 0.1) is 23.7 Å². The Morgan fingerprint density at radius 2 is 1.63 bits per heavy atom. The summed E-state index contributed by atoms with van der Waals surface area (Å²) >= 11 is 0. The van der Waals surface area contributed by atoms with Gasteiger partial charge in [-0.2, -0.15) is 0 Å². The Balaban J connectivity index is 1.82. The second-order valence-corrected chi connectivity index (χ2v) is 7.20. The van der Waals surface area contributed by atoms with Gasteiger partial charge in [-0.3, -0.25) is 0 Å². The average molecular weight is 262 g/mol. The summed E-state index contributed by atoms with van der Waals surface area (Å²) in [6.45, 7) is 4.84. The molecule has 1 saturated carbocycles. The molecular weight excluding hydrogens is 228 g/mol. The van der Waals surface area contributed by atoms with Crippen LogP contribution in [0.15, 0.2) is 12.2 Å². The van der Waals surface area contributed by atoms with Crippen molar-refractivity contribution in [3.63, 3.8) is 0 Å². The highest BCUT2D eigenvalue weighted by Gasteiger charge is 2.37. The van der Waals surface area contributed by atoms with Crippen molar-refractivity contribution in [3.8, 4) is 0 Å². The van der Waals surface area contributed by atoms with Crippen LogP contribution in [0.3, 0.4) is 0 Å². The third kappa shape index (κ3) is 4.65. The molecule has 0 nitrogen and oxygen atoms in total. The molecule has 0 amide bonds. The first-order valence-corrected chi connectivity index (χ1v) is 8.96. The van der Waals surface area contributed by atoms with Crippen LogP contribution in [0.4, 0.5) is 0 Å². The highest BCUT2D eigenvalue weighted by Crippen LogP contribution is 2.47. The topological polar surface area (TPSA) is 0 Å². The molecule has 0 heterocycles. The van der Waals surface area contributed by atoms with E-state index in [9.17, 15) is 0 Å². The number of allylic oxidation sites excluding steroid dienone is 2. The Bertz CT molecular complexity index is 265. The fourth-order valence-electron chi connectivity index (χ4n) is 4.32. The van der Waals surface area contributed by atoms with Crippen LogP contribution in [-0.2, 0) is 0 Å². The molecule has 0 aromatic heterocycles. The van der Waals surface area contributed by atoms with Crippen molar-refractivity contribution in [2.45, 2.75) is 84.5 Å². The van der Waals surface area contributed by atoms with Crippen LogP contribution in [0.5, 0.6) is 0 Å². The first-order chi connectivity index (χ1) is 9.31. The van der Waals surface area contributed by atoms with Crippen molar-refractivity contribution in [1.82, 2.24) is 0 Å². The molecule has 0 N–H and O–H groups in total. The fourth-order valence-corrected chi connectivity index (χ4v) is 4.32. The molecule has 110 valence electrons. The molecule has 19 heavy (non-hydrogen) atoms. The van der Waals surface area contributed by atoms with Crippen LogP contribution in [0.25, 0.3) is 0 Å². The van der Waals surface area contributed by atoms with Gasteiger partial charge in [-0.25, -0.2) is 0 Å². The van der Waals surface area contributed by atoms with Gasteiger partial charge in [0.05, 0.1) is 0 Å². The summed E-state index contributed by atoms with van der Waals surface area (Å²) in [5.74, 6) is 4.16. The van der Waals surface area contributed by atoms with Crippen LogP contribution in [0.1, 0.15) is 84.5 Å². The van der Waals surface area contributed by atoms with E-state index in [2.05, 4.69) is 26.0 Å². The number of rotatable bonds is 1. The zero-order chi connectivity index (χ0) is 13.5. The largest absolute Gasteiger partial charge is 0.0885 e. The van der Waals surface area contributed by atoms with Crippen LogP contribution >= 0.6 is 0 Å². The van der Waals surface area contributed by atoms with Gasteiger partial charge in [0.2, 0.25) is 0 Å². The molecule has 0 radical (unpaired) electrons. The van der Waals surface area contributed by atoms with E-state index in [1.807, 2.05) is 0 Å². The van der Waals surface area contributed by atoms with Crippen LogP contribution in [-0.4, -0.2) is 0 Å². The standard InChI is InChI=1S/C19H34/c1-3-17-15-18-13-9-5-4-7-11-16(2)12-8-6-10-14-19(17)18/h4-5,16-19H,3,6-15H2,1-2H3. The van der Waals surface area contributed by atoms with Crippen molar-refractivity contribution in [3.05, 3.63) is 12.2 Å². The van der Waals surface area contributed by atoms with Crippen molar-refractivity contribution < 1.29 is 0 Å². The van der Waals surface area contributed by atoms with Crippen molar-refractivity contribution in [2.75, 3.05) is 0 Å². The quantitative estimate of drug-likeness (QED) is 0.482. The maximum Gasteiger partial charge on any atom is -0.0348 e. The minimum absolute atomic E-state index is 0.937. The summed E-state index contributed by atoms with van der Waals surface area (Å²) in [6.07, 6.45) is 20.8. The van der Waals surface area contributed by atoms with E-state index in [1.165, 1.54) is 70.6 Å². The van der Waals surface area contributed by atoms with E-state index < -0.39 is 0 Å². The van der Waals surface area contributed by atoms with E-state index in [0.29, 0.717) is 0 Å². The molecule has 0 bridgehead atoms. The second kappa shape index (κ2) is 8.12. The predicted octanol–water partition coefficient (Wildman–Crippen LogP) is 6.37. The molecule has 1 fully saturated rings. The molecule has 0 aromatic rings. The second-order valence-electron chi connectivity index (χ2n) is 7.20. The van der Waals surface area contributed by atoms with Crippen LogP contribution < -0.4 is 0 Å². The molecule has 0 aliphatic heterocycles. The Morgan fingerprint density at radius 3 is 2.42 bits per heavy atom. The lowest BCUT2D eigenvalue weighted by molar-refractivity contribution is 0.0514. The molecule has 0 saturated heterocycles. The Morgan fingerprint density at radius 1 is 0.895 bits per heavy atom. The third-order valence-corrected chi connectivity index (χ3v) is 5.77. The minimum Gasteiger partial charge on any atom is -0.0885 e. The Labute approximate surface area is 121 Å². The lowest BCUT2D eigenvalue weighted by Crippen LogP contribution is -2.36. The summed E-state index contributed by atoms with van der Waals surface area (Å²) in [5.41, 5.74) is 0. The van der Waals surface area contributed by atoms with E-state index in [4.69, 9.17) is 0 Å². The van der Waals surface area contributed by atoms with Gasteiger partial charge in [0.15, 0.2) is 0 Å². The predicted molar refractivity (Wildman–Crippen MR) is 85.2 cm³/mol. The zero-order valence-corrected chi connectivity index (χ0v) is 13.2. The maximum atomic E-state index is 2.47. The Hall–Kier alpha value is -0.260. The summed E-state index contributed by atoms with van der Waals surface area (Å²) in [7, 11) is 0. The molecular formula is C19H34. The highest BCUT2D eigenvalue weighted by atomic mass is 14.4. The molecule has 2 aliphatic rings. The van der Waals surface area contributed by atoms with E-state index in [1.54, 1.807) is 0 Å². The summed E-state index contributed by atoms with van der Waals surface area (Å²) in [5, 5.41) is 0. The van der Waals surface area contributed by atoms with Gasteiger partial charge >= 0.3 is 0 Å². The molecule has 4 unspecified atom stereocenters. The summed E-state index contributed by atoms with van der Waals surface area (Å²) < 4.78 is 0. The lowest BCUT2D eigenvalue weighted by Gasteiger charge is -2.45. The number of fused-ring (bicyclic) bond motifs is 1. The monoisotopic (exact) mass is 262 g/mol. The van der Waals surface area contributed by atoms with Crippen molar-refractivity contribution in [2.24, 2.45) is 23.7 Å². The average Bonchev–Trinajstić information content (AvgIpc) is 2.39. The minimum atomic E-state index is 0.937. The van der Waals surface area contributed by atoms with Crippen molar-refractivity contribution in [1.29, 1.82) is 0 Å². The van der Waals surface area contributed by atoms with E-state index in [0.717, 1.165) is 23.7 Å². The number of hydrogen-bond acceptors (Lipinski definition) is 0. The lowest BCUT2D eigenvalue weighted by atomic mass is 9.60. The molecule has 4 atom stereocenters. The molecule has 0 aromatic carbocycles. The van der Waals surface area contributed by atoms with E-state index in [-0.39, 0.29) is 0 Å². The number of hydrogen-bond donors (Lipinski definition) is 0. The van der Waals surface area contributed by atoms with E-state index >= 15 is 0 Å². The third-order valence-electron chi connectivity index (χ3n) is 5.77. The van der Waals surface area contributed by atoms with Gasteiger partial charge in [-0.1, -0.05) is 58.1 Å². The zero-order valence-electron chi connectivity index (χ0n) is 13.2. The summed E-state index contributed by atoms with van der Waals surface area (Å²) in [6, 6.07) is 0. The summed E-state index contributed by atoms with van der Waals surface area (Å²) in [4.78, 5) is 0. The molecule has 0 spiro atoms. The SMILES string of the molecule is CCC1CC2CCC=CCCC(C)CCCCCC12. The Kier molecular flexibility index (Phi) is 6.47. The highest BCUT2D eigenvalue weighted by molar-refractivity contribution is 4.91. The molecule has 0 heteroatoms. The van der Waals surface area contributed by atoms with Gasteiger partial charge in [-0.15, -0.1) is 0 Å². The van der Waals surface area contributed by atoms with Gasteiger partial charge in [0, 0.05) is 0 Å². The van der Waals surface area contributed by atoms with Gasteiger partial charge < -0.3 is 0 Å². The maximum absolute atomic E-state index is 2.47. The van der Waals surface area contributed by atoms with Gasteiger partial charge in [-0.05, 0) is 62.2 Å². The molecule has 2 rings (SSSR count). The first-order valence-electron chi connectivity index (χ1n) is 8.96. The molecule has 2 aliphatic carbocycles. The first kappa shape index (κ1) is 15.1. The van der Waals surface area contributed by atoms with Crippen LogP contribution in [0.2, 0.25) is 0 Å². The fraction of sp³-hybridized carbons (Fsp3) is 0.895. The van der Waals surface area contributed by atoms with Gasteiger partial charge in [0.25, 0.3) is 0 Å².